The van der Waals surface area contributed by atoms with E-state index in [0.29, 0.717) is 6.42 Å². The average molecular weight is 460 g/mol. The summed E-state index contributed by atoms with van der Waals surface area (Å²) in [4.78, 5) is 42.3. The number of urea groups is 1. The Morgan fingerprint density at radius 1 is 1.09 bits per heavy atom. The Bertz CT molecular complexity index is 872. The van der Waals surface area contributed by atoms with Gasteiger partial charge in [0.2, 0.25) is 5.91 Å². The van der Waals surface area contributed by atoms with Crippen molar-refractivity contribution in [2.45, 2.75) is 38.7 Å². The van der Waals surface area contributed by atoms with E-state index in [-0.39, 0.29) is 18.0 Å². The Kier molecular flexibility index (Phi) is 12.1. The molecule has 0 saturated carbocycles. The molecule has 1 aromatic heterocycles. The van der Waals surface area contributed by atoms with Gasteiger partial charge in [0.05, 0.1) is 12.1 Å². The van der Waals surface area contributed by atoms with Crippen molar-refractivity contribution in [3.8, 4) is 0 Å². The number of hydrogen-bond acceptors (Lipinski definition) is 8. The molecule has 0 fully saturated rings. The molecule has 2 rings (SSSR count). The lowest BCUT2D eigenvalue weighted by molar-refractivity contribution is -0.123. The molecular weight excluding hydrogens is 431 g/mol. The van der Waals surface area contributed by atoms with Crippen LogP contribution < -0.4 is 21.8 Å². The predicted molar refractivity (Wildman–Crippen MR) is 120 cm³/mol. The van der Waals surface area contributed by atoms with Gasteiger partial charge in [0.25, 0.3) is 5.91 Å². The number of hydroxylamine groups is 1. The summed E-state index contributed by atoms with van der Waals surface area (Å²) in [5.41, 5.74) is 6.40. The smallest absolute Gasteiger partial charge is 0.426 e. The fourth-order valence-electron chi connectivity index (χ4n) is 2.75. The first-order chi connectivity index (χ1) is 15.6. The number of primary amides is 1. The molecule has 1 heterocycles. The van der Waals surface area contributed by atoms with Crippen molar-refractivity contribution in [1.29, 1.82) is 0 Å². The van der Waals surface area contributed by atoms with E-state index in [4.69, 9.17) is 5.21 Å². The van der Waals surface area contributed by atoms with Crippen LogP contribution in [0.4, 0.5) is 4.79 Å². The Morgan fingerprint density at radius 3 is 2.21 bits per heavy atom. The van der Waals surface area contributed by atoms with Crippen LogP contribution in [0.25, 0.3) is 0 Å². The van der Waals surface area contributed by atoms with Crippen molar-refractivity contribution >= 4 is 25.0 Å². The molecule has 4 amide bonds. The maximum atomic E-state index is 12.8. The highest BCUT2D eigenvalue weighted by molar-refractivity contribution is 6.43. The summed E-state index contributed by atoms with van der Waals surface area (Å²) in [6, 6.07) is 7.39. The molecule has 33 heavy (non-hydrogen) atoms. The van der Waals surface area contributed by atoms with E-state index in [2.05, 4.69) is 26.3 Å². The Hall–Kier alpha value is -3.55. The molecule has 0 radical (unpaired) electrons. The summed E-state index contributed by atoms with van der Waals surface area (Å²) in [5, 5.41) is 31.9. The summed E-state index contributed by atoms with van der Waals surface area (Å²) >= 11 is 0. The van der Waals surface area contributed by atoms with Crippen LogP contribution in [0.5, 0.6) is 0 Å². The third-order valence-corrected chi connectivity index (χ3v) is 4.22. The largest absolute Gasteiger partial charge is 0.475 e. The van der Waals surface area contributed by atoms with E-state index in [1.165, 1.54) is 24.1 Å². The minimum atomic E-state index is -1.69. The number of carbonyl (C=O) groups is 3. The molecule has 8 N–H and O–H groups in total. The highest BCUT2D eigenvalue weighted by atomic mass is 16.5. The zero-order valence-electron chi connectivity index (χ0n) is 18.4. The zero-order chi connectivity index (χ0) is 24.8. The van der Waals surface area contributed by atoms with Crippen LogP contribution in [0.15, 0.2) is 48.9 Å². The molecule has 13 heteroatoms. The number of benzene rings is 1. The van der Waals surface area contributed by atoms with Crippen LogP contribution >= 0.6 is 0 Å². The van der Waals surface area contributed by atoms with E-state index in [0.717, 1.165) is 5.56 Å². The monoisotopic (exact) mass is 460 g/mol. The average Bonchev–Trinajstić information content (AvgIpc) is 2.79. The van der Waals surface area contributed by atoms with E-state index in [9.17, 15) is 24.4 Å². The quantitative estimate of drug-likeness (QED) is 0.146. The summed E-state index contributed by atoms with van der Waals surface area (Å²) in [5.74, 6) is -1.72. The lowest BCUT2D eigenvalue weighted by Gasteiger charge is -2.24. The van der Waals surface area contributed by atoms with Crippen molar-refractivity contribution in [2.24, 2.45) is 11.7 Å². The van der Waals surface area contributed by atoms with Gasteiger partial charge in [0.15, 0.2) is 0 Å². The van der Waals surface area contributed by atoms with Crippen LogP contribution in [0.1, 0.15) is 36.3 Å². The van der Waals surface area contributed by atoms with Crippen LogP contribution in [0, 0.1) is 5.92 Å². The minimum absolute atomic E-state index is 0.0919. The number of carbonyl (C=O) groups excluding carboxylic acids is 3. The van der Waals surface area contributed by atoms with Gasteiger partial charge in [-0.1, -0.05) is 44.2 Å². The van der Waals surface area contributed by atoms with Gasteiger partial charge in [-0.25, -0.2) is 15.3 Å². The van der Waals surface area contributed by atoms with Crippen molar-refractivity contribution in [3.63, 3.8) is 0 Å². The summed E-state index contributed by atoms with van der Waals surface area (Å²) in [6.07, 6.45) is 4.78. The maximum absolute atomic E-state index is 12.8. The van der Waals surface area contributed by atoms with Crippen molar-refractivity contribution < 1.29 is 29.6 Å². The molecular formula is C20H29BN6O6. The third kappa shape index (κ3) is 11.0. The Balaban J connectivity index is 0.000000981. The number of rotatable bonds is 9. The lowest BCUT2D eigenvalue weighted by atomic mass is 9.75. The number of hydrogen-bond donors (Lipinski definition) is 7. The van der Waals surface area contributed by atoms with Gasteiger partial charge in [-0.05, 0) is 17.9 Å². The first-order valence-electron chi connectivity index (χ1n) is 10.1. The summed E-state index contributed by atoms with van der Waals surface area (Å²) in [7, 11) is -1.69. The molecule has 1 aromatic carbocycles. The van der Waals surface area contributed by atoms with Gasteiger partial charge in [0, 0.05) is 18.8 Å². The number of amides is 4. The lowest BCUT2D eigenvalue weighted by Crippen LogP contribution is -2.55. The molecule has 2 unspecified atom stereocenters. The molecule has 0 aliphatic heterocycles. The van der Waals surface area contributed by atoms with Crippen LogP contribution in [0.3, 0.4) is 0 Å². The molecule has 2 aromatic rings. The molecule has 0 saturated heterocycles. The van der Waals surface area contributed by atoms with Gasteiger partial charge in [0.1, 0.15) is 11.7 Å². The SMILES string of the molecule is CC(C)CC(NC(=O)C(Cc1ccccc1)NC(=O)c1cnccn1)B(O)O.NC(=O)NO. The van der Waals surface area contributed by atoms with Crippen LogP contribution in [-0.2, 0) is 11.2 Å². The fourth-order valence-corrected chi connectivity index (χ4v) is 2.75. The molecule has 0 spiro atoms. The minimum Gasteiger partial charge on any atom is -0.426 e. The van der Waals surface area contributed by atoms with Crippen LogP contribution in [-0.4, -0.2) is 62.2 Å². The molecule has 2 atom stereocenters. The van der Waals surface area contributed by atoms with E-state index in [1.807, 2.05) is 44.2 Å². The Labute approximate surface area is 191 Å². The second kappa shape index (κ2) is 14.5. The van der Waals surface area contributed by atoms with Gasteiger partial charge in [-0.2, -0.15) is 0 Å². The summed E-state index contributed by atoms with van der Waals surface area (Å²) < 4.78 is 0. The zero-order valence-corrected chi connectivity index (χ0v) is 18.4. The second-order valence-corrected chi connectivity index (χ2v) is 7.44. The standard InChI is InChI=1S/C19H25BN4O4.CH4N2O2/c1-13(2)10-17(20(27)28)24-18(25)15(11-14-6-4-3-5-7-14)23-19(26)16-12-21-8-9-22-16;2-1(4)3-5/h3-9,12-13,15,17,27-28H,10-11H2,1-2H3,(H,23,26)(H,24,25);5H,(H3,2,3,4). The molecule has 178 valence electrons. The van der Waals surface area contributed by atoms with E-state index >= 15 is 0 Å². The number of aromatic nitrogens is 2. The molecule has 0 aliphatic rings. The van der Waals surface area contributed by atoms with Crippen molar-refractivity contribution in [2.75, 3.05) is 0 Å². The fraction of sp³-hybridized carbons (Fsp3) is 0.350. The predicted octanol–water partition coefficient (Wildman–Crippen LogP) is -0.595. The number of nitrogens with zero attached hydrogens (tertiary/aromatic N) is 2. The number of nitrogens with one attached hydrogen (secondary N) is 3. The van der Waals surface area contributed by atoms with E-state index in [1.54, 1.807) is 0 Å². The van der Waals surface area contributed by atoms with E-state index < -0.39 is 36.9 Å². The number of nitrogens with two attached hydrogens (primary N) is 1. The van der Waals surface area contributed by atoms with Crippen molar-refractivity contribution in [1.82, 2.24) is 26.1 Å². The van der Waals surface area contributed by atoms with Gasteiger partial charge in [-0.3, -0.25) is 19.8 Å². The van der Waals surface area contributed by atoms with Crippen LogP contribution in [0.2, 0.25) is 0 Å². The van der Waals surface area contributed by atoms with Gasteiger partial charge in [-0.15, -0.1) is 0 Å². The normalized spacial score (nSPS) is 11.9. The first kappa shape index (κ1) is 27.5. The second-order valence-electron chi connectivity index (χ2n) is 7.44. The molecule has 12 nitrogen and oxygen atoms in total. The third-order valence-electron chi connectivity index (χ3n) is 4.22. The Morgan fingerprint density at radius 2 is 1.73 bits per heavy atom. The van der Waals surface area contributed by atoms with Crippen molar-refractivity contribution in [3.05, 3.63) is 60.2 Å². The molecule has 0 aliphatic carbocycles. The highest BCUT2D eigenvalue weighted by Gasteiger charge is 2.30. The topological polar surface area (TPSA) is 200 Å². The van der Waals surface area contributed by atoms with Gasteiger partial charge < -0.3 is 26.4 Å². The summed E-state index contributed by atoms with van der Waals surface area (Å²) in [6.45, 7) is 3.83. The van der Waals surface area contributed by atoms with Gasteiger partial charge >= 0.3 is 13.1 Å². The molecule has 0 bridgehead atoms. The maximum Gasteiger partial charge on any atom is 0.475 e. The highest BCUT2D eigenvalue weighted by Crippen LogP contribution is 2.09. The first-order valence-corrected chi connectivity index (χ1v) is 10.1.